The zero-order valence-corrected chi connectivity index (χ0v) is 20.3. The Labute approximate surface area is 211 Å². The van der Waals surface area contributed by atoms with Crippen LogP contribution in [0.5, 0.6) is 11.8 Å². The third-order valence-electron chi connectivity index (χ3n) is 6.77. The Balaban J connectivity index is 1.33. The van der Waals surface area contributed by atoms with Crippen molar-refractivity contribution in [3.8, 4) is 11.8 Å². The number of alkyl halides is 3. The van der Waals surface area contributed by atoms with E-state index in [1.807, 2.05) is 0 Å². The van der Waals surface area contributed by atoms with Crippen LogP contribution in [0.2, 0.25) is 0 Å². The van der Waals surface area contributed by atoms with Crippen LogP contribution < -0.4 is 19.7 Å². The fraction of sp³-hybridized carbons (Fsp3) is 0.542. The number of rotatable bonds is 6. The number of anilines is 1. The van der Waals surface area contributed by atoms with Crippen molar-refractivity contribution in [3.05, 3.63) is 35.4 Å². The number of amides is 2. The van der Waals surface area contributed by atoms with Gasteiger partial charge in [0.2, 0.25) is 23.6 Å². The van der Waals surface area contributed by atoms with Crippen molar-refractivity contribution in [3.63, 3.8) is 0 Å². The van der Waals surface area contributed by atoms with E-state index < -0.39 is 17.8 Å². The average Bonchev–Trinajstić information content (AvgIpc) is 3.52. The van der Waals surface area contributed by atoms with Gasteiger partial charge >= 0.3 is 6.18 Å². The first-order chi connectivity index (χ1) is 17.7. The quantitative estimate of drug-likeness (QED) is 0.617. The van der Waals surface area contributed by atoms with E-state index in [0.29, 0.717) is 56.8 Å². The molecule has 1 unspecified atom stereocenters. The predicted octanol–water partition coefficient (Wildman–Crippen LogP) is 2.11. The number of fused-ring (bicyclic) bond motifs is 1. The van der Waals surface area contributed by atoms with Crippen molar-refractivity contribution >= 4 is 17.5 Å². The summed E-state index contributed by atoms with van der Waals surface area (Å²) in [5.41, 5.74) is 0.834. The Morgan fingerprint density at radius 2 is 2.00 bits per heavy atom. The predicted molar refractivity (Wildman–Crippen MR) is 124 cm³/mol. The number of aromatic nitrogens is 3. The average molecular weight is 521 g/mol. The number of nitrogens with one attached hydrogen (secondary N) is 1. The fourth-order valence-corrected chi connectivity index (χ4v) is 4.89. The minimum absolute atomic E-state index is 0.117. The molecule has 2 fully saturated rings. The van der Waals surface area contributed by atoms with E-state index in [9.17, 15) is 22.8 Å². The van der Waals surface area contributed by atoms with Crippen LogP contribution in [-0.4, -0.2) is 70.1 Å². The Morgan fingerprint density at radius 1 is 1.16 bits per heavy atom. The standard InChI is InChI=1S/C24H27F3N6O4/c1-2-36-22-19(9-14(10-28-22)24(25,26)27)32-8-6-17-16(12-32)21(30-13-29-17)37-15-5-7-33(11-15)23(35)18-3-4-20(34)31-18/h9-10,13,15,18H,2-8,11-12H2,1H3,(H,31,34)/t15-,18?/m0/s1. The Hall–Kier alpha value is -3.64. The van der Waals surface area contributed by atoms with Crippen molar-refractivity contribution in [2.45, 2.75) is 57.5 Å². The van der Waals surface area contributed by atoms with Gasteiger partial charge in [-0.1, -0.05) is 0 Å². The highest BCUT2D eigenvalue weighted by molar-refractivity contribution is 5.91. The van der Waals surface area contributed by atoms with Gasteiger partial charge in [-0.2, -0.15) is 13.2 Å². The first-order valence-corrected chi connectivity index (χ1v) is 12.3. The molecule has 3 aliphatic heterocycles. The summed E-state index contributed by atoms with van der Waals surface area (Å²) in [7, 11) is 0. The van der Waals surface area contributed by atoms with E-state index in [2.05, 4.69) is 20.3 Å². The fourth-order valence-electron chi connectivity index (χ4n) is 4.89. The van der Waals surface area contributed by atoms with Crippen LogP contribution in [0.15, 0.2) is 18.6 Å². The molecule has 0 saturated carbocycles. The minimum atomic E-state index is -4.54. The summed E-state index contributed by atoms with van der Waals surface area (Å²) < 4.78 is 51.9. The molecule has 2 aromatic rings. The highest BCUT2D eigenvalue weighted by Gasteiger charge is 2.37. The zero-order valence-electron chi connectivity index (χ0n) is 20.3. The summed E-state index contributed by atoms with van der Waals surface area (Å²) in [4.78, 5) is 40.2. The van der Waals surface area contributed by atoms with Crippen LogP contribution in [-0.2, 0) is 28.7 Å². The molecular weight excluding hydrogens is 493 g/mol. The summed E-state index contributed by atoms with van der Waals surface area (Å²) in [5.74, 6) is 0.239. The van der Waals surface area contributed by atoms with Crippen molar-refractivity contribution in [2.75, 3.05) is 31.1 Å². The number of halogens is 3. The van der Waals surface area contributed by atoms with Crippen LogP contribution in [0.3, 0.4) is 0 Å². The molecule has 5 heterocycles. The largest absolute Gasteiger partial charge is 0.476 e. The lowest BCUT2D eigenvalue weighted by molar-refractivity contribution is -0.137. The van der Waals surface area contributed by atoms with Crippen LogP contribution >= 0.6 is 0 Å². The van der Waals surface area contributed by atoms with Gasteiger partial charge in [-0.25, -0.2) is 15.0 Å². The number of pyridine rings is 1. The van der Waals surface area contributed by atoms with Crippen LogP contribution in [0.4, 0.5) is 18.9 Å². The third kappa shape index (κ3) is 5.25. The number of nitrogens with zero attached hydrogens (tertiary/aromatic N) is 5. The minimum Gasteiger partial charge on any atom is -0.476 e. The Bertz CT molecular complexity index is 1190. The first kappa shape index (κ1) is 25.0. The van der Waals surface area contributed by atoms with Gasteiger partial charge in [-0.3, -0.25) is 9.59 Å². The van der Waals surface area contributed by atoms with Gasteiger partial charge in [0.25, 0.3) is 0 Å². The maximum absolute atomic E-state index is 13.4. The van der Waals surface area contributed by atoms with Gasteiger partial charge in [-0.05, 0) is 19.4 Å². The smallest absolute Gasteiger partial charge is 0.417 e. The summed E-state index contributed by atoms with van der Waals surface area (Å²) in [6, 6.07) is 0.558. The van der Waals surface area contributed by atoms with E-state index in [-0.39, 0.29) is 42.6 Å². The van der Waals surface area contributed by atoms with Gasteiger partial charge < -0.3 is 24.6 Å². The molecular formula is C24H27F3N6O4. The second kappa shape index (κ2) is 10.0. The summed E-state index contributed by atoms with van der Waals surface area (Å²) in [5, 5.41) is 2.70. The zero-order chi connectivity index (χ0) is 26.2. The van der Waals surface area contributed by atoms with E-state index in [1.54, 1.807) is 16.7 Å². The Morgan fingerprint density at radius 3 is 2.73 bits per heavy atom. The molecule has 37 heavy (non-hydrogen) atoms. The maximum Gasteiger partial charge on any atom is 0.417 e. The van der Waals surface area contributed by atoms with E-state index >= 15 is 0 Å². The number of likely N-dealkylation sites (tertiary alicyclic amines) is 1. The molecule has 198 valence electrons. The van der Waals surface area contributed by atoms with E-state index in [0.717, 1.165) is 18.0 Å². The molecule has 13 heteroatoms. The SMILES string of the molecule is CCOc1ncc(C(F)(F)F)cc1N1CCc2ncnc(O[C@H]3CCN(C(=O)C4CCC(=O)N4)C3)c2C1. The first-order valence-electron chi connectivity index (χ1n) is 12.3. The highest BCUT2D eigenvalue weighted by atomic mass is 19.4. The molecule has 0 spiro atoms. The molecule has 0 bridgehead atoms. The highest BCUT2D eigenvalue weighted by Crippen LogP contribution is 2.38. The molecule has 10 nitrogen and oxygen atoms in total. The summed E-state index contributed by atoms with van der Waals surface area (Å²) >= 11 is 0. The monoisotopic (exact) mass is 520 g/mol. The van der Waals surface area contributed by atoms with Gasteiger partial charge in [-0.15, -0.1) is 0 Å². The van der Waals surface area contributed by atoms with Crippen molar-refractivity contribution in [2.24, 2.45) is 0 Å². The molecule has 2 saturated heterocycles. The second-order valence-electron chi connectivity index (χ2n) is 9.23. The number of ether oxygens (including phenoxy) is 2. The molecule has 0 aliphatic carbocycles. The number of hydrogen-bond donors (Lipinski definition) is 1. The van der Waals surface area contributed by atoms with Crippen molar-refractivity contribution < 1.29 is 32.2 Å². The van der Waals surface area contributed by atoms with Crippen LogP contribution in [0.1, 0.15) is 43.0 Å². The van der Waals surface area contributed by atoms with Crippen LogP contribution in [0.25, 0.3) is 0 Å². The third-order valence-corrected chi connectivity index (χ3v) is 6.77. The van der Waals surface area contributed by atoms with Gasteiger partial charge in [0, 0.05) is 38.5 Å². The lowest BCUT2D eigenvalue weighted by Crippen LogP contribution is -2.44. The summed E-state index contributed by atoms with van der Waals surface area (Å²) in [6.45, 7) is 3.51. The molecule has 3 aliphatic rings. The molecule has 2 aromatic heterocycles. The molecule has 2 amide bonds. The normalized spacial score (nSPS) is 21.6. The number of hydrogen-bond acceptors (Lipinski definition) is 8. The molecule has 2 atom stereocenters. The van der Waals surface area contributed by atoms with Gasteiger partial charge in [0.05, 0.1) is 36.5 Å². The number of carbonyl (C=O) groups is 2. The lowest BCUT2D eigenvalue weighted by Gasteiger charge is -2.32. The molecule has 0 radical (unpaired) electrons. The second-order valence-corrected chi connectivity index (χ2v) is 9.23. The Kier molecular flexibility index (Phi) is 6.78. The molecule has 0 aromatic carbocycles. The maximum atomic E-state index is 13.4. The van der Waals surface area contributed by atoms with E-state index in [4.69, 9.17) is 9.47 Å². The van der Waals surface area contributed by atoms with Gasteiger partial charge in [0.15, 0.2) is 0 Å². The molecule has 1 N–H and O–H groups in total. The molecule has 5 rings (SSSR count). The van der Waals surface area contributed by atoms with Gasteiger partial charge in [0.1, 0.15) is 24.2 Å². The summed E-state index contributed by atoms with van der Waals surface area (Å²) in [6.07, 6.45) is -0.743. The topological polar surface area (TPSA) is 110 Å². The van der Waals surface area contributed by atoms with Crippen molar-refractivity contribution in [1.82, 2.24) is 25.2 Å². The lowest BCUT2D eigenvalue weighted by atomic mass is 10.1. The van der Waals surface area contributed by atoms with Crippen LogP contribution in [0, 0.1) is 0 Å². The van der Waals surface area contributed by atoms with E-state index in [1.165, 1.54) is 6.33 Å². The number of carbonyl (C=O) groups excluding carboxylic acids is 2. The van der Waals surface area contributed by atoms with Crippen molar-refractivity contribution in [1.29, 1.82) is 0 Å².